The highest BCUT2D eigenvalue weighted by Gasteiger charge is 2.47. The lowest BCUT2D eigenvalue weighted by molar-refractivity contribution is -0.130. The second kappa shape index (κ2) is 8.60. The van der Waals surface area contributed by atoms with Crippen molar-refractivity contribution in [2.45, 2.75) is 51.5 Å². The van der Waals surface area contributed by atoms with Crippen LogP contribution in [0.3, 0.4) is 0 Å². The van der Waals surface area contributed by atoms with E-state index in [2.05, 4.69) is 19.2 Å². The Labute approximate surface area is 172 Å². The normalized spacial score (nSPS) is 19.9. The van der Waals surface area contributed by atoms with Gasteiger partial charge in [-0.05, 0) is 43.2 Å². The number of rotatable bonds is 8. The zero-order valence-corrected chi connectivity index (χ0v) is 17.3. The molecule has 5 nitrogen and oxygen atoms in total. The summed E-state index contributed by atoms with van der Waals surface area (Å²) in [5, 5.41) is 2.77. The largest absolute Gasteiger partial charge is 0.325 e. The van der Waals surface area contributed by atoms with Gasteiger partial charge in [-0.25, -0.2) is 4.79 Å². The number of amides is 3. The van der Waals surface area contributed by atoms with E-state index in [0.717, 1.165) is 16.9 Å². The summed E-state index contributed by atoms with van der Waals surface area (Å²) in [5.41, 5.74) is 1.79. The van der Waals surface area contributed by atoms with Gasteiger partial charge in [0.25, 0.3) is 5.91 Å². The second-order valence-electron chi connectivity index (χ2n) is 7.99. The zero-order chi connectivity index (χ0) is 21.0. The van der Waals surface area contributed by atoms with Gasteiger partial charge in [-0.3, -0.25) is 14.5 Å². The third-order valence-electron chi connectivity index (χ3n) is 5.82. The zero-order valence-electron chi connectivity index (χ0n) is 17.3. The van der Waals surface area contributed by atoms with Crippen LogP contribution >= 0.6 is 0 Å². The lowest BCUT2D eigenvalue weighted by Crippen LogP contribution is -2.44. The Morgan fingerprint density at radius 3 is 2.34 bits per heavy atom. The predicted molar refractivity (Wildman–Crippen MR) is 113 cm³/mol. The van der Waals surface area contributed by atoms with Crippen LogP contribution in [0.25, 0.3) is 0 Å². The number of hydrogen-bond acceptors (Lipinski definition) is 3. The van der Waals surface area contributed by atoms with E-state index in [1.807, 2.05) is 42.5 Å². The van der Waals surface area contributed by atoms with Gasteiger partial charge in [0.05, 0.1) is 6.54 Å². The summed E-state index contributed by atoms with van der Waals surface area (Å²) in [4.78, 5) is 39.0. The fourth-order valence-corrected chi connectivity index (χ4v) is 3.57. The molecule has 5 heteroatoms. The molecule has 1 saturated heterocycles. The van der Waals surface area contributed by atoms with Crippen molar-refractivity contribution in [3.05, 3.63) is 71.3 Å². The fourth-order valence-electron chi connectivity index (χ4n) is 3.57. The molecular formula is C24H28N2O3. The van der Waals surface area contributed by atoms with Crippen molar-refractivity contribution < 1.29 is 14.4 Å². The summed E-state index contributed by atoms with van der Waals surface area (Å²) in [7, 11) is 0. The van der Waals surface area contributed by atoms with Crippen LogP contribution in [0.4, 0.5) is 4.79 Å². The number of aryl methyl sites for hydroxylation is 1. The molecule has 152 valence electrons. The summed E-state index contributed by atoms with van der Waals surface area (Å²) in [6.07, 6.45) is 2.18. The van der Waals surface area contributed by atoms with Crippen LogP contribution in [0.5, 0.6) is 0 Å². The number of nitrogens with one attached hydrogen (secondary N) is 1. The Kier molecular flexibility index (Phi) is 6.16. The number of hydrogen-bond donors (Lipinski definition) is 1. The van der Waals surface area contributed by atoms with Crippen molar-refractivity contribution in [2.75, 3.05) is 6.54 Å². The molecule has 1 aliphatic heterocycles. The molecule has 1 heterocycles. The molecule has 0 aliphatic carbocycles. The third kappa shape index (κ3) is 4.56. The SMILES string of the molecule is CC[C@H](C)c1ccc(C(=O)CN2C(=O)N[C@](C)(CCc3ccccc3)C2=O)cc1. The molecule has 2 atom stereocenters. The molecule has 29 heavy (non-hydrogen) atoms. The highest BCUT2D eigenvalue weighted by atomic mass is 16.2. The van der Waals surface area contributed by atoms with E-state index >= 15 is 0 Å². The Hall–Kier alpha value is -2.95. The average molecular weight is 392 g/mol. The minimum Gasteiger partial charge on any atom is -0.323 e. The molecule has 1 fully saturated rings. The van der Waals surface area contributed by atoms with E-state index in [-0.39, 0.29) is 18.2 Å². The minimum atomic E-state index is -0.992. The molecule has 0 aromatic heterocycles. The van der Waals surface area contributed by atoms with Gasteiger partial charge in [-0.1, -0.05) is 68.4 Å². The monoisotopic (exact) mass is 392 g/mol. The topological polar surface area (TPSA) is 66.5 Å². The lowest BCUT2D eigenvalue weighted by atomic mass is 9.93. The highest BCUT2D eigenvalue weighted by Crippen LogP contribution is 2.24. The van der Waals surface area contributed by atoms with Crippen LogP contribution in [0.2, 0.25) is 0 Å². The molecule has 1 aliphatic rings. The van der Waals surface area contributed by atoms with Gasteiger partial charge in [-0.2, -0.15) is 0 Å². The molecule has 0 saturated carbocycles. The summed E-state index contributed by atoms with van der Waals surface area (Å²) >= 11 is 0. The quantitative estimate of drug-likeness (QED) is 0.537. The number of urea groups is 1. The molecule has 1 N–H and O–H groups in total. The number of Topliss-reactive ketones (excluding diaryl/α,β-unsaturated/α-hetero) is 1. The van der Waals surface area contributed by atoms with Crippen LogP contribution in [-0.2, 0) is 11.2 Å². The van der Waals surface area contributed by atoms with Crippen molar-refractivity contribution in [3.8, 4) is 0 Å². The number of benzene rings is 2. The number of carbonyl (C=O) groups excluding carboxylic acids is 3. The molecule has 0 unspecified atom stereocenters. The van der Waals surface area contributed by atoms with Crippen molar-refractivity contribution in [3.63, 3.8) is 0 Å². The first-order chi connectivity index (χ1) is 13.8. The molecule has 0 radical (unpaired) electrons. The van der Waals surface area contributed by atoms with Crippen LogP contribution in [0.15, 0.2) is 54.6 Å². The van der Waals surface area contributed by atoms with Gasteiger partial charge >= 0.3 is 6.03 Å². The van der Waals surface area contributed by atoms with Gasteiger partial charge in [0.15, 0.2) is 5.78 Å². The van der Waals surface area contributed by atoms with Gasteiger partial charge in [-0.15, -0.1) is 0 Å². The van der Waals surface area contributed by atoms with Gasteiger partial charge in [0.1, 0.15) is 5.54 Å². The fraction of sp³-hybridized carbons (Fsp3) is 0.375. The average Bonchev–Trinajstić information content (AvgIpc) is 2.96. The van der Waals surface area contributed by atoms with Crippen molar-refractivity contribution in [2.24, 2.45) is 0 Å². The van der Waals surface area contributed by atoms with Crippen LogP contribution in [0.1, 0.15) is 61.0 Å². The van der Waals surface area contributed by atoms with Gasteiger partial charge in [0, 0.05) is 5.56 Å². The van der Waals surface area contributed by atoms with Crippen molar-refractivity contribution >= 4 is 17.7 Å². The van der Waals surface area contributed by atoms with Crippen LogP contribution < -0.4 is 5.32 Å². The first-order valence-corrected chi connectivity index (χ1v) is 10.1. The first kappa shape index (κ1) is 20.8. The Morgan fingerprint density at radius 2 is 1.72 bits per heavy atom. The summed E-state index contributed by atoms with van der Waals surface area (Å²) in [5.74, 6) is -0.157. The smallest absolute Gasteiger partial charge is 0.323 e. The predicted octanol–water partition coefficient (Wildman–Crippen LogP) is 4.33. The molecular weight excluding hydrogens is 364 g/mol. The van der Waals surface area contributed by atoms with Gasteiger partial charge < -0.3 is 5.32 Å². The molecule has 2 aromatic rings. The van der Waals surface area contributed by atoms with E-state index in [1.54, 1.807) is 19.1 Å². The molecule has 0 spiro atoms. The van der Waals surface area contributed by atoms with Crippen LogP contribution in [0, 0.1) is 0 Å². The number of carbonyl (C=O) groups is 3. The third-order valence-corrected chi connectivity index (χ3v) is 5.82. The van der Waals surface area contributed by atoms with Crippen LogP contribution in [-0.4, -0.2) is 34.7 Å². The van der Waals surface area contributed by atoms with E-state index in [0.29, 0.717) is 24.3 Å². The molecule has 0 bridgehead atoms. The maximum atomic E-state index is 12.9. The van der Waals surface area contributed by atoms with E-state index in [4.69, 9.17) is 0 Å². The Morgan fingerprint density at radius 1 is 1.07 bits per heavy atom. The molecule has 3 amide bonds. The number of ketones is 1. The second-order valence-corrected chi connectivity index (χ2v) is 7.99. The Balaban J connectivity index is 1.65. The minimum absolute atomic E-state index is 0.239. The number of nitrogens with zero attached hydrogens (tertiary/aromatic N) is 1. The van der Waals surface area contributed by atoms with E-state index < -0.39 is 11.6 Å². The van der Waals surface area contributed by atoms with E-state index in [9.17, 15) is 14.4 Å². The molecule has 3 rings (SSSR count). The van der Waals surface area contributed by atoms with Crippen molar-refractivity contribution in [1.82, 2.24) is 10.2 Å². The summed E-state index contributed by atoms with van der Waals surface area (Å²) in [6, 6.07) is 16.8. The standard InChI is InChI=1S/C24H28N2O3/c1-4-17(2)19-10-12-20(13-11-19)21(27)16-26-22(28)24(3,25-23(26)29)15-14-18-8-6-5-7-9-18/h5-13,17H,4,14-16H2,1-3H3,(H,25,29)/t17-,24+/m0/s1. The highest BCUT2D eigenvalue weighted by molar-refractivity contribution is 6.11. The lowest BCUT2D eigenvalue weighted by Gasteiger charge is -2.21. The summed E-state index contributed by atoms with van der Waals surface area (Å²) in [6.45, 7) is 5.74. The maximum absolute atomic E-state index is 12.9. The molecule has 2 aromatic carbocycles. The Bertz CT molecular complexity index is 892. The maximum Gasteiger partial charge on any atom is 0.325 e. The summed E-state index contributed by atoms with van der Waals surface area (Å²) < 4.78 is 0. The van der Waals surface area contributed by atoms with Crippen molar-refractivity contribution in [1.29, 1.82) is 0 Å². The number of imide groups is 1. The van der Waals surface area contributed by atoms with Gasteiger partial charge in [0.2, 0.25) is 0 Å². The first-order valence-electron chi connectivity index (χ1n) is 10.1. The van der Waals surface area contributed by atoms with E-state index in [1.165, 1.54) is 5.56 Å².